The van der Waals surface area contributed by atoms with Gasteiger partial charge in [0, 0.05) is 44.1 Å². The van der Waals surface area contributed by atoms with Gasteiger partial charge in [-0.1, -0.05) is 5.16 Å². The average molecular weight is 344 g/mol. The van der Waals surface area contributed by atoms with Gasteiger partial charge in [0.25, 0.3) is 5.89 Å². The van der Waals surface area contributed by atoms with E-state index in [2.05, 4.69) is 15.1 Å². The Morgan fingerprint density at radius 3 is 2.92 bits per heavy atom. The van der Waals surface area contributed by atoms with Gasteiger partial charge in [0.1, 0.15) is 18.1 Å². The van der Waals surface area contributed by atoms with Crippen molar-refractivity contribution in [1.82, 2.24) is 20.0 Å². The second kappa shape index (κ2) is 7.35. The Bertz CT molecular complexity index is 871. The molecule has 25 heavy (non-hydrogen) atoms. The van der Waals surface area contributed by atoms with Crippen molar-refractivity contribution in [3.8, 4) is 17.3 Å². The van der Waals surface area contributed by atoms with Gasteiger partial charge in [0.2, 0.25) is 5.91 Å². The maximum Gasteiger partial charge on any atom is 0.274 e. The molecule has 2 aromatic heterocycles. The normalized spacial score (nSPS) is 11.0. The van der Waals surface area contributed by atoms with Gasteiger partial charge in [-0.2, -0.15) is 4.98 Å². The molecular weight excluding hydrogens is 324 g/mol. The molecule has 8 heteroatoms. The van der Waals surface area contributed by atoms with Crippen LogP contribution in [0.2, 0.25) is 0 Å². The molecule has 1 aromatic carbocycles. The van der Waals surface area contributed by atoms with Gasteiger partial charge < -0.3 is 23.9 Å². The van der Waals surface area contributed by atoms with E-state index in [4.69, 9.17) is 14.0 Å². The highest BCUT2D eigenvalue weighted by Crippen LogP contribution is 2.26. The van der Waals surface area contributed by atoms with Crippen LogP contribution in [0.1, 0.15) is 5.82 Å². The monoisotopic (exact) mass is 344 g/mol. The molecule has 1 N–H and O–H groups in total. The first kappa shape index (κ1) is 17.0. The molecule has 0 spiro atoms. The third-order valence-corrected chi connectivity index (χ3v) is 3.89. The van der Waals surface area contributed by atoms with Crippen molar-refractivity contribution in [3.63, 3.8) is 0 Å². The summed E-state index contributed by atoms with van der Waals surface area (Å²) in [4.78, 5) is 20.9. The Kier molecular flexibility index (Phi) is 4.99. The molecule has 0 atom stereocenters. The summed E-state index contributed by atoms with van der Waals surface area (Å²) in [5.74, 6) is 1.64. The summed E-state index contributed by atoms with van der Waals surface area (Å²) in [6, 6.07) is 7.71. The van der Waals surface area contributed by atoms with Crippen molar-refractivity contribution in [2.24, 2.45) is 0 Å². The molecule has 0 aliphatic rings. The fourth-order valence-corrected chi connectivity index (χ4v) is 2.44. The number of aromatic nitrogens is 3. The lowest BCUT2D eigenvalue weighted by atomic mass is 10.2. The molecule has 0 aliphatic heterocycles. The zero-order valence-electron chi connectivity index (χ0n) is 14.4. The zero-order chi connectivity index (χ0) is 17.8. The summed E-state index contributed by atoms with van der Waals surface area (Å²) in [5.41, 5.74) is 1.67. The smallest absolute Gasteiger partial charge is 0.274 e. The number of amides is 1. The zero-order valence-corrected chi connectivity index (χ0v) is 14.4. The van der Waals surface area contributed by atoms with Crippen LogP contribution in [0, 0.1) is 0 Å². The van der Waals surface area contributed by atoms with Gasteiger partial charge in [-0.3, -0.25) is 4.79 Å². The number of likely N-dealkylation sites (N-methyl/N-ethyl adjacent to an activating group) is 1. The lowest BCUT2D eigenvalue weighted by molar-refractivity contribution is -0.133. The van der Waals surface area contributed by atoms with Gasteiger partial charge in [0.15, 0.2) is 5.82 Å². The molecule has 0 bridgehead atoms. The fourth-order valence-electron chi connectivity index (χ4n) is 2.44. The predicted molar refractivity (Wildman–Crippen MR) is 91.4 cm³/mol. The van der Waals surface area contributed by atoms with Crippen LogP contribution in [0.5, 0.6) is 5.75 Å². The molecule has 2 heterocycles. The molecule has 0 saturated heterocycles. The van der Waals surface area contributed by atoms with Gasteiger partial charge in [-0.25, -0.2) is 0 Å². The topological polar surface area (TPSA) is 93.5 Å². The van der Waals surface area contributed by atoms with Crippen molar-refractivity contribution >= 4 is 16.8 Å². The Hall–Kier alpha value is -2.87. The van der Waals surface area contributed by atoms with Crippen LogP contribution < -0.4 is 4.74 Å². The maximum absolute atomic E-state index is 11.7. The van der Waals surface area contributed by atoms with Crippen LogP contribution >= 0.6 is 0 Å². The van der Waals surface area contributed by atoms with E-state index in [1.54, 1.807) is 19.1 Å². The van der Waals surface area contributed by atoms with Crippen molar-refractivity contribution in [3.05, 3.63) is 30.1 Å². The van der Waals surface area contributed by atoms with E-state index in [1.165, 1.54) is 7.11 Å². The summed E-state index contributed by atoms with van der Waals surface area (Å²) in [6.45, 7) is 0.553. The minimum Gasteiger partial charge on any atom is -0.497 e. The second-order valence-corrected chi connectivity index (χ2v) is 5.65. The van der Waals surface area contributed by atoms with Gasteiger partial charge in [-0.05, 0) is 18.2 Å². The van der Waals surface area contributed by atoms with Gasteiger partial charge >= 0.3 is 0 Å². The number of carbonyl (C=O) groups excluding carboxylic acids is 1. The number of nitrogens with zero attached hydrogens (tertiary/aromatic N) is 3. The molecule has 3 rings (SSSR count). The van der Waals surface area contributed by atoms with Gasteiger partial charge in [-0.15, -0.1) is 0 Å². The summed E-state index contributed by atoms with van der Waals surface area (Å²) >= 11 is 0. The van der Waals surface area contributed by atoms with Crippen LogP contribution in [0.15, 0.2) is 28.8 Å². The SMILES string of the molecule is COCC(=O)N(C)CCc1noc(-c2cc3ccc(OC)cc3[nH]2)n1. The molecule has 0 radical (unpaired) electrons. The highest BCUT2D eigenvalue weighted by molar-refractivity contribution is 5.85. The number of H-pyrrole nitrogens is 1. The van der Waals surface area contributed by atoms with Crippen LogP contribution in [-0.4, -0.2) is 60.4 Å². The Morgan fingerprint density at radius 2 is 2.16 bits per heavy atom. The molecular formula is C17H20N4O4. The van der Waals surface area contributed by atoms with E-state index in [1.807, 2.05) is 24.3 Å². The quantitative estimate of drug-likeness (QED) is 0.703. The Balaban J connectivity index is 1.70. The molecule has 132 valence electrons. The first-order valence-corrected chi connectivity index (χ1v) is 7.83. The van der Waals surface area contributed by atoms with Crippen molar-refractivity contribution in [2.75, 3.05) is 34.4 Å². The minimum atomic E-state index is -0.0872. The standard InChI is InChI=1S/C17H20N4O4/c1-21(16(22)10-23-2)7-6-15-19-17(25-20-15)14-8-11-4-5-12(24-3)9-13(11)18-14/h4-5,8-9,18H,6-7,10H2,1-3H3. The predicted octanol–water partition coefficient (Wildman–Crippen LogP) is 1.87. The Morgan fingerprint density at radius 1 is 1.32 bits per heavy atom. The number of carbonyl (C=O) groups is 1. The van der Waals surface area contributed by atoms with E-state index >= 15 is 0 Å². The molecule has 1 amide bonds. The third kappa shape index (κ3) is 3.80. The number of methoxy groups -OCH3 is 2. The molecule has 0 unspecified atom stereocenters. The minimum absolute atomic E-state index is 0.0620. The highest BCUT2D eigenvalue weighted by Gasteiger charge is 2.14. The number of hydrogen-bond acceptors (Lipinski definition) is 6. The summed E-state index contributed by atoms with van der Waals surface area (Å²) in [6.07, 6.45) is 0.503. The maximum atomic E-state index is 11.7. The van der Waals surface area contributed by atoms with E-state index in [-0.39, 0.29) is 12.5 Å². The molecule has 0 saturated carbocycles. The second-order valence-electron chi connectivity index (χ2n) is 5.65. The van der Waals surface area contributed by atoms with E-state index in [9.17, 15) is 4.79 Å². The number of fused-ring (bicyclic) bond motifs is 1. The number of hydrogen-bond donors (Lipinski definition) is 1. The third-order valence-electron chi connectivity index (χ3n) is 3.89. The molecule has 3 aromatic rings. The summed E-state index contributed by atoms with van der Waals surface area (Å²) < 4.78 is 15.4. The van der Waals surface area contributed by atoms with E-state index < -0.39 is 0 Å². The largest absolute Gasteiger partial charge is 0.497 e. The summed E-state index contributed by atoms with van der Waals surface area (Å²) in [7, 11) is 4.84. The van der Waals surface area contributed by atoms with Crippen molar-refractivity contribution < 1.29 is 18.8 Å². The molecule has 0 aliphatic carbocycles. The van der Waals surface area contributed by atoms with Crippen molar-refractivity contribution in [1.29, 1.82) is 0 Å². The molecule has 0 fully saturated rings. The first-order chi connectivity index (χ1) is 12.1. The van der Waals surface area contributed by atoms with Crippen LogP contribution in [-0.2, 0) is 16.0 Å². The summed E-state index contributed by atoms with van der Waals surface area (Å²) in [5, 5.41) is 5.00. The van der Waals surface area contributed by atoms with Gasteiger partial charge in [0.05, 0.1) is 7.11 Å². The van der Waals surface area contributed by atoms with Crippen LogP contribution in [0.3, 0.4) is 0 Å². The fraction of sp³-hybridized carbons (Fsp3) is 0.353. The number of aromatic amines is 1. The van der Waals surface area contributed by atoms with Crippen molar-refractivity contribution in [2.45, 2.75) is 6.42 Å². The van der Waals surface area contributed by atoms with Crippen LogP contribution in [0.4, 0.5) is 0 Å². The molecule has 8 nitrogen and oxygen atoms in total. The Labute approximate surface area is 144 Å². The average Bonchev–Trinajstić information content (AvgIpc) is 3.25. The number of ether oxygens (including phenoxy) is 2. The number of benzene rings is 1. The number of nitrogens with one attached hydrogen (secondary N) is 1. The highest BCUT2D eigenvalue weighted by atomic mass is 16.5. The lowest BCUT2D eigenvalue weighted by Gasteiger charge is -2.15. The van der Waals surface area contributed by atoms with E-state index in [0.717, 1.165) is 22.3 Å². The lowest BCUT2D eigenvalue weighted by Crippen LogP contribution is -2.31. The first-order valence-electron chi connectivity index (χ1n) is 7.83. The van der Waals surface area contributed by atoms with Crippen LogP contribution in [0.25, 0.3) is 22.5 Å². The number of rotatable bonds is 7. The van der Waals surface area contributed by atoms with E-state index in [0.29, 0.717) is 24.7 Å².